The van der Waals surface area contributed by atoms with Crippen LogP contribution in [0.1, 0.15) is 25.7 Å². The summed E-state index contributed by atoms with van der Waals surface area (Å²) in [5, 5.41) is 6.85. The molecule has 0 saturated heterocycles. The van der Waals surface area contributed by atoms with Gasteiger partial charge in [0.25, 0.3) is 0 Å². The number of aryl methyl sites for hydroxylation is 1. The maximum Gasteiger partial charge on any atom is 0.250 e. The zero-order chi connectivity index (χ0) is 19.0. The minimum Gasteiger partial charge on any atom is -0.356 e. The van der Waals surface area contributed by atoms with Crippen LogP contribution in [-0.4, -0.2) is 35.4 Å². The van der Waals surface area contributed by atoms with Crippen LogP contribution in [0.25, 0.3) is 0 Å². The van der Waals surface area contributed by atoms with E-state index in [1.165, 1.54) is 17.7 Å². The summed E-state index contributed by atoms with van der Waals surface area (Å²) in [6.45, 7) is 2.52. The maximum absolute atomic E-state index is 11.7. The minimum atomic E-state index is 0.0635. The lowest BCUT2D eigenvalue weighted by Gasteiger charge is -2.18. The number of aromatic nitrogens is 1. The molecule has 1 heterocycles. The molecule has 3 rings (SSSR count). The molecule has 1 fully saturated rings. The highest BCUT2D eigenvalue weighted by atomic mass is 32.2. The fraction of sp³-hybridized carbons (Fsp3) is 0.429. The molecule has 5 nitrogen and oxygen atoms in total. The van der Waals surface area contributed by atoms with Gasteiger partial charge < -0.3 is 15.2 Å². The first-order valence-corrected chi connectivity index (χ1v) is 10.4. The van der Waals surface area contributed by atoms with Crippen LogP contribution < -0.4 is 16.2 Å². The standard InChI is InChI=1S/C21H28N4OS/c1-22-20(23-14-6-8-16-25-15-7-5-11-19(25)26)24-17-21(12-13-21)27-18-9-3-2-4-10-18/h2-5,7,9-11,15H,6,8,12-14,16-17H2,1H3,(H2,22,23,24). The number of hydrogen-bond donors (Lipinski definition) is 2. The molecular weight excluding hydrogens is 356 g/mol. The van der Waals surface area contributed by atoms with E-state index < -0.39 is 0 Å². The highest BCUT2D eigenvalue weighted by Crippen LogP contribution is 2.51. The van der Waals surface area contributed by atoms with Crippen LogP contribution in [0.5, 0.6) is 0 Å². The molecule has 0 unspecified atom stereocenters. The molecule has 0 radical (unpaired) electrons. The van der Waals surface area contributed by atoms with E-state index in [1.807, 2.05) is 31.1 Å². The van der Waals surface area contributed by atoms with Gasteiger partial charge in [-0.1, -0.05) is 24.3 Å². The fourth-order valence-electron chi connectivity index (χ4n) is 2.92. The van der Waals surface area contributed by atoms with Crippen LogP contribution in [0.2, 0.25) is 0 Å². The monoisotopic (exact) mass is 384 g/mol. The van der Waals surface area contributed by atoms with Crippen LogP contribution in [0.15, 0.2) is 69.4 Å². The number of pyridine rings is 1. The Morgan fingerprint density at radius 2 is 1.89 bits per heavy atom. The van der Waals surface area contributed by atoms with E-state index in [0.717, 1.165) is 38.4 Å². The topological polar surface area (TPSA) is 58.4 Å². The molecule has 6 heteroatoms. The average molecular weight is 385 g/mol. The van der Waals surface area contributed by atoms with Gasteiger partial charge in [0, 0.05) is 48.6 Å². The predicted octanol–water partition coefficient (Wildman–Crippen LogP) is 3.12. The highest BCUT2D eigenvalue weighted by molar-refractivity contribution is 8.01. The van der Waals surface area contributed by atoms with Crippen molar-refractivity contribution in [3.8, 4) is 0 Å². The molecule has 1 saturated carbocycles. The summed E-state index contributed by atoms with van der Waals surface area (Å²) in [5.74, 6) is 0.854. The van der Waals surface area contributed by atoms with E-state index in [2.05, 4.69) is 46.0 Å². The molecule has 1 aliphatic rings. The summed E-state index contributed by atoms with van der Waals surface area (Å²) < 4.78 is 2.05. The normalized spacial score (nSPS) is 15.4. The third-order valence-electron chi connectivity index (χ3n) is 4.70. The lowest BCUT2D eigenvalue weighted by atomic mass is 10.3. The van der Waals surface area contributed by atoms with Crippen LogP contribution >= 0.6 is 11.8 Å². The number of thioether (sulfide) groups is 1. The van der Waals surface area contributed by atoms with Gasteiger partial charge in [-0.3, -0.25) is 9.79 Å². The molecule has 0 spiro atoms. The lowest BCUT2D eigenvalue weighted by Crippen LogP contribution is -2.41. The Morgan fingerprint density at radius 3 is 2.59 bits per heavy atom. The van der Waals surface area contributed by atoms with Crippen LogP contribution in [0.4, 0.5) is 0 Å². The smallest absolute Gasteiger partial charge is 0.250 e. The second-order valence-electron chi connectivity index (χ2n) is 6.89. The van der Waals surface area contributed by atoms with Crippen LogP contribution in [-0.2, 0) is 6.54 Å². The van der Waals surface area contributed by atoms with Gasteiger partial charge >= 0.3 is 0 Å². The number of unbranched alkanes of at least 4 members (excludes halogenated alkanes) is 1. The molecular formula is C21H28N4OS. The van der Waals surface area contributed by atoms with Gasteiger partial charge in [-0.25, -0.2) is 0 Å². The van der Waals surface area contributed by atoms with Crippen molar-refractivity contribution in [1.82, 2.24) is 15.2 Å². The second-order valence-corrected chi connectivity index (χ2v) is 8.43. The third-order valence-corrected chi connectivity index (χ3v) is 6.20. The van der Waals surface area contributed by atoms with Gasteiger partial charge in [-0.2, -0.15) is 0 Å². The number of benzene rings is 1. The SMILES string of the molecule is CN=C(NCCCCn1ccccc1=O)NCC1(Sc2ccccc2)CC1. The molecule has 2 N–H and O–H groups in total. The number of nitrogens with one attached hydrogen (secondary N) is 2. The number of aliphatic imine (C=N–C) groups is 1. The first kappa shape index (κ1) is 19.5. The van der Waals surface area contributed by atoms with Gasteiger partial charge in [0.05, 0.1) is 0 Å². The summed E-state index contributed by atoms with van der Waals surface area (Å²) in [6.07, 6.45) is 6.27. The average Bonchev–Trinajstić information content (AvgIpc) is 3.45. The van der Waals surface area contributed by atoms with Gasteiger partial charge in [-0.05, 0) is 43.9 Å². The van der Waals surface area contributed by atoms with Crippen molar-refractivity contribution in [3.05, 3.63) is 65.1 Å². The number of nitrogens with zero attached hydrogens (tertiary/aromatic N) is 2. The summed E-state index contributed by atoms with van der Waals surface area (Å²) in [6, 6.07) is 15.9. The van der Waals surface area contributed by atoms with Gasteiger partial charge in [0.2, 0.25) is 5.56 Å². The quantitative estimate of drug-likeness (QED) is 0.396. The fourth-order valence-corrected chi connectivity index (χ4v) is 4.16. The van der Waals surface area contributed by atoms with Crippen molar-refractivity contribution in [2.75, 3.05) is 20.1 Å². The van der Waals surface area contributed by atoms with E-state index in [-0.39, 0.29) is 5.56 Å². The molecule has 0 amide bonds. The van der Waals surface area contributed by atoms with Crippen molar-refractivity contribution in [2.45, 2.75) is 41.9 Å². The van der Waals surface area contributed by atoms with Crippen molar-refractivity contribution in [2.24, 2.45) is 4.99 Å². The van der Waals surface area contributed by atoms with Crippen LogP contribution in [0.3, 0.4) is 0 Å². The molecule has 0 bridgehead atoms. The van der Waals surface area contributed by atoms with Gasteiger partial charge in [0.15, 0.2) is 5.96 Å². The molecule has 0 atom stereocenters. The van der Waals surface area contributed by atoms with Crippen molar-refractivity contribution >= 4 is 17.7 Å². The zero-order valence-electron chi connectivity index (χ0n) is 15.9. The Kier molecular flexibility index (Phi) is 6.98. The largest absolute Gasteiger partial charge is 0.356 e. The Bertz CT molecular complexity index is 799. The van der Waals surface area contributed by atoms with E-state index in [1.54, 1.807) is 16.7 Å². The number of rotatable bonds is 9. The summed E-state index contributed by atoms with van der Waals surface area (Å²) in [7, 11) is 1.81. The van der Waals surface area contributed by atoms with Gasteiger partial charge in [0.1, 0.15) is 0 Å². The molecule has 1 aromatic heterocycles. The number of hydrogen-bond acceptors (Lipinski definition) is 3. The van der Waals surface area contributed by atoms with E-state index in [9.17, 15) is 4.79 Å². The molecule has 27 heavy (non-hydrogen) atoms. The summed E-state index contributed by atoms with van der Waals surface area (Å²) in [4.78, 5) is 17.3. The van der Waals surface area contributed by atoms with E-state index in [4.69, 9.17) is 0 Å². The van der Waals surface area contributed by atoms with Crippen LogP contribution in [0, 0.1) is 0 Å². The Morgan fingerprint density at radius 1 is 1.11 bits per heavy atom. The van der Waals surface area contributed by atoms with E-state index >= 15 is 0 Å². The first-order chi connectivity index (χ1) is 13.2. The Balaban J connectivity index is 1.35. The minimum absolute atomic E-state index is 0.0635. The molecule has 144 valence electrons. The molecule has 2 aromatic rings. The second kappa shape index (κ2) is 9.65. The molecule has 1 aliphatic carbocycles. The predicted molar refractivity (Wildman–Crippen MR) is 114 cm³/mol. The number of guanidine groups is 1. The Hall–Kier alpha value is -2.21. The lowest BCUT2D eigenvalue weighted by molar-refractivity contribution is 0.585. The summed E-state index contributed by atoms with van der Waals surface area (Å²) in [5.41, 5.74) is 0.0635. The highest BCUT2D eigenvalue weighted by Gasteiger charge is 2.43. The van der Waals surface area contributed by atoms with Crippen molar-refractivity contribution < 1.29 is 0 Å². The van der Waals surface area contributed by atoms with Crippen molar-refractivity contribution in [1.29, 1.82) is 0 Å². The Labute approximate surface area is 165 Å². The third kappa shape index (κ3) is 6.17. The van der Waals surface area contributed by atoms with E-state index in [0.29, 0.717) is 4.75 Å². The van der Waals surface area contributed by atoms with Gasteiger partial charge in [-0.15, -0.1) is 11.8 Å². The van der Waals surface area contributed by atoms with Crippen molar-refractivity contribution in [3.63, 3.8) is 0 Å². The summed E-state index contributed by atoms with van der Waals surface area (Å²) >= 11 is 1.96. The first-order valence-electron chi connectivity index (χ1n) is 9.55. The molecule has 1 aromatic carbocycles. The molecule has 0 aliphatic heterocycles. The maximum atomic E-state index is 11.7. The zero-order valence-corrected chi connectivity index (χ0v) is 16.7.